The number of rotatable bonds is 15. The summed E-state index contributed by atoms with van der Waals surface area (Å²) in [6.45, 7) is 3.33. The number of cyclic esters (lactones) is 2. The molecule has 394 valence electrons. The van der Waals surface area contributed by atoms with Gasteiger partial charge in [-0.2, -0.15) is 0 Å². The Morgan fingerprint density at radius 3 is 1.57 bits per heavy atom. The van der Waals surface area contributed by atoms with Crippen molar-refractivity contribution in [3.63, 3.8) is 0 Å². The van der Waals surface area contributed by atoms with Crippen molar-refractivity contribution < 1.29 is 76.9 Å². The molecule has 0 radical (unpaired) electrons. The summed E-state index contributed by atoms with van der Waals surface area (Å²) in [5.41, 5.74) is -0.601. The fourth-order valence-electron chi connectivity index (χ4n) is 11.3. The number of hydrogen-bond acceptors (Lipinski definition) is 18. The number of amides is 2. The molecule has 4 aliphatic carbocycles. The van der Waals surface area contributed by atoms with Gasteiger partial charge in [-0.3, -0.25) is 19.2 Å². The Bertz CT molecular complexity index is 2270. The first-order chi connectivity index (χ1) is 34.7. The predicted molar refractivity (Wildman–Crippen MR) is 253 cm³/mol. The molecule has 0 bridgehead atoms. The molecule has 12 unspecified atom stereocenters. The molecule has 20 nitrogen and oxygen atoms in total. The van der Waals surface area contributed by atoms with Gasteiger partial charge in [0.25, 0.3) is 11.8 Å². The SMILES string of the molecule is COc1ccnc(C(=O)NC2CCCC(OC3CCCC3)C(OC(=O)C3CCC(C4CCCC4OC4CCCC(NC(=O)c5nccc(OC)c5O)C(=O)OC(C)C4OC(=O)C4CC4)C3)C(C)OC2=O)c1O. The molecule has 6 aliphatic rings. The second-order valence-corrected chi connectivity index (χ2v) is 20.4. The molecule has 12 atom stereocenters. The standard InChI is InChI=1S/C52H70N4O16/c1-27-45(39(69-32-10-5-6-11-32)16-8-13-34(51(63)67-27)55-47(59)41-43(57)37(65-3)22-24-53-41)72-50(62)31-21-20-30(26-31)33-12-7-15-36(33)70-40-17-9-14-35(56-48(60)42-44(58)38(66-4)23-25-54-42)52(64)68-28(2)46(40)71-49(61)29-18-19-29/h22-25,27-36,39-40,45-46,57-58H,5-21,26H2,1-4H3,(H,55,59)(H,56,60). The molecule has 20 heteroatoms. The third-order valence-corrected chi connectivity index (χ3v) is 15.4. The van der Waals surface area contributed by atoms with E-state index < -0.39 is 89.9 Å². The van der Waals surface area contributed by atoms with E-state index in [1.807, 2.05) is 0 Å². The average molecular weight is 1010 g/mol. The summed E-state index contributed by atoms with van der Waals surface area (Å²) in [6, 6.07) is 0.662. The number of carbonyl (C=O) groups excluding carboxylic acids is 6. The van der Waals surface area contributed by atoms with Crippen molar-refractivity contribution >= 4 is 35.7 Å². The summed E-state index contributed by atoms with van der Waals surface area (Å²) in [4.78, 5) is 89.5. The Morgan fingerprint density at radius 1 is 0.583 bits per heavy atom. The van der Waals surface area contributed by atoms with E-state index in [-0.39, 0.29) is 77.6 Å². The van der Waals surface area contributed by atoms with E-state index in [1.165, 1.54) is 38.7 Å². The van der Waals surface area contributed by atoms with Crippen LogP contribution in [0.2, 0.25) is 0 Å². The van der Waals surface area contributed by atoms with E-state index in [4.69, 9.17) is 37.9 Å². The molecule has 2 aromatic rings. The van der Waals surface area contributed by atoms with Crippen LogP contribution in [0, 0.1) is 23.7 Å². The van der Waals surface area contributed by atoms with E-state index >= 15 is 0 Å². The zero-order valence-corrected chi connectivity index (χ0v) is 41.6. The number of ether oxygens (including phenoxy) is 8. The summed E-state index contributed by atoms with van der Waals surface area (Å²) in [5, 5.41) is 26.5. The predicted octanol–water partition coefficient (Wildman–Crippen LogP) is 5.56. The molecule has 2 aliphatic heterocycles. The van der Waals surface area contributed by atoms with Crippen LogP contribution >= 0.6 is 0 Å². The van der Waals surface area contributed by atoms with Crippen LogP contribution in [0.5, 0.6) is 23.0 Å². The van der Waals surface area contributed by atoms with Crippen molar-refractivity contribution in [2.75, 3.05) is 14.2 Å². The number of esters is 4. The summed E-state index contributed by atoms with van der Waals surface area (Å²) >= 11 is 0. The molecule has 4 N–H and O–H groups in total. The molecule has 2 amide bonds. The molecule has 0 aromatic carbocycles. The lowest BCUT2D eigenvalue weighted by Crippen LogP contribution is -2.47. The summed E-state index contributed by atoms with van der Waals surface area (Å²) in [5.74, 6) is -4.97. The number of pyridine rings is 2. The minimum atomic E-state index is -1.09. The zero-order chi connectivity index (χ0) is 51.1. The number of nitrogens with zero attached hydrogens (tertiary/aromatic N) is 2. The number of methoxy groups -OCH3 is 2. The highest BCUT2D eigenvalue weighted by Crippen LogP contribution is 2.46. The average Bonchev–Trinajstić information content (AvgIpc) is 3.64. The second kappa shape index (κ2) is 23.9. The smallest absolute Gasteiger partial charge is 0.329 e. The van der Waals surface area contributed by atoms with E-state index in [0.717, 1.165) is 64.2 Å². The van der Waals surface area contributed by atoms with Crippen molar-refractivity contribution in [3.8, 4) is 23.0 Å². The highest BCUT2D eigenvalue weighted by Gasteiger charge is 2.47. The number of aromatic hydroxyl groups is 2. The number of aromatic nitrogens is 2. The van der Waals surface area contributed by atoms with Crippen LogP contribution in [0.3, 0.4) is 0 Å². The minimum Gasteiger partial charge on any atom is -0.503 e. The van der Waals surface area contributed by atoms with Gasteiger partial charge in [-0.05, 0) is 122 Å². The fraction of sp³-hybridized carbons (Fsp3) is 0.692. The molecule has 0 spiro atoms. The van der Waals surface area contributed by atoms with E-state index in [2.05, 4.69) is 20.6 Å². The topological polar surface area (TPSA) is 267 Å². The molecule has 4 heterocycles. The number of carbonyl (C=O) groups is 6. The lowest BCUT2D eigenvalue weighted by Gasteiger charge is -2.35. The number of hydrogen-bond donors (Lipinski definition) is 4. The van der Waals surface area contributed by atoms with Gasteiger partial charge in [-0.1, -0.05) is 19.3 Å². The van der Waals surface area contributed by atoms with Crippen molar-refractivity contribution in [2.45, 2.75) is 190 Å². The summed E-state index contributed by atoms with van der Waals surface area (Å²) in [6.07, 6.45) is 9.27. The molecular weight excluding hydrogens is 937 g/mol. The summed E-state index contributed by atoms with van der Waals surface area (Å²) in [7, 11) is 2.70. The van der Waals surface area contributed by atoms with Crippen molar-refractivity contribution in [1.82, 2.24) is 20.6 Å². The quantitative estimate of drug-likeness (QED) is 0.126. The molecule has 72 heavy (non-hydrogen) atoms. The Labute approximate surface area is 419 Å². The highest BCUT2D eigenvalue weighted by atomic mass is 16.6. The van der Waals surface area contributed by atoms with Gasteiger partial charge < -0.3 is 58.7 Å². The Balaban J connectivity index is 0.919. The van der Waals surface area contributed by atoms with Gasteiger partial charge in [0.05, 0.1) is 50.5 Å². The van der Waals surface area contributed by atoms with E-state index in [0.29, 0.717) is 38.5 Å². The van der Waals surface area contributed by atoms with Gasteiger partial charge in [0.1, 0.15) is 24.3 Å². The largest absolute Gasteiger partial charge is 0.503 e. The lowest BCUT2D eigenvalue weighted by molar-refractivity contribution is -0.187. The van der Waals surface area contributed by atoms with Crippen LogP contribution in [0.15, 0.2) is 24.5 Å². The number of nitrogens with one attached hydrogen (secondary N) is 2. The summed E-state index contributed by atoms with van der Waals surface area (Å²) < 4.78 is 48.3. The van der Waals surface area contributed by atoms with Gasteiger partial charge in [-0.15, -0.1) is 0 Å². The second-order valence-electron chi connectivity index (χ2n) is 20.4. The van der Waals surface area contributed by atoms with E-state index in [1.54, 1.807) is 13.8 Å². The van der Waals surface area contributed by atoms with Gasteiger partial charge in [0, 0.05) is 24.5 Å². The maximum Gasteiger partial charge on any atom is 0.329 e. The molecule has 2 aromatic heterocycles. The first-order valence-corrected chi connectivity index (χ1v) is 25.9. The van der Waals surface area contributed by atoms with Crippen molar-refractivity contribution in [3.05, 3.63) is 35.9 Å². The maximum atomic E-state index is 14.3. The minimum absolute atomic E-state index is 0.0262. The Morgan fingerprint density at radius 2 is 1.06 bits per heavy atom. The first kappa shape index (κ1) is 52.6. The van der Waals surface area contributed by atoms with Crippen LogP contribution in [-0.2, 0) is 47.6 Å². The van der Waals surface area contributed by atoms with Crippen LogP contribution in [-0.4, -0.2) is 131 Å². The normalized spacial score (nSPS) is 31.5. The maximum absolute atomic E-state index is 14.3. The lowest BCUT2D eigenvalue weighted by atomic mass is 9.87. The molecule has 4 saturated carbocycles. The molecular formula is C52H70N4O16. The van der Waals surface area contributed by atoms with Crippen molar-refractivity contribution in [1.29, 1.82) is 0 Å². The van der Waals surface area contributed by atoms with Gasteiger partial charge in [0.15, 0.2) is 46.6 Å². The first-order valence-electron chi connectivity index (χ1n) is 25.9. The Kier molecular flexibility index (Phi) is 17.4. The Hall–Kier alpha value is -5.76. The van der Waals surface area contributed by atoms with E-state index in [9.17, 15) is 39.0 Å². The third kappa shape index (κ3) is 12.5. The van der Waals surface area contributed by atoms with Crippen LogP contribution < -0.4 is 20.1 Å². The van der Waals surface area contributed by atoms with Crippen molar-refractivity contribution in [2.24, 2.45) is 23.7 Å². The molecule has 8 rings (SSSR count). The molecule has 2 saturated heterocycles. The monoisotopic (exact) mass is 1010 g/mol. The fourth-order valence-corrected chi connectivity index (χ4v) is 11.3. The molecule has 6 fully saturated rings. The van der Waals surface area contributed by atoms with Gasteiger partial charge in [-0.25, -0.2) is 19.6 Å². The van der Waals surface area contributed by atoms with Gasteiger partial charge >= 0.3 is 23.9 Å². The van der Waals surface area contributed by atoms with Crippen LogP contribution in [0.4, 0.5) is 0 Å². The van der Waals surface area contributed by atoms with Gasteiger partial charge in [0.2, 0.25) is 0 Å². The third-order valence-electron chi connectivity index (χ3n) is 15.4. The highest BCUT2D eigenvalue weighted by molar-refractivity contribution is 5.98. The van der Waals surface area contributed by atoms with Crippen LogP contribution in [0.1, 0.15) is 150 Å². The zero-order valence-electron chi connectivity index (χ0n) is 41.6. The van der Waals surface area contributed by atoms with Crippen LogP contribution in [0.25, 0.3) is 0 Å².